The van der Waals surface area contributed by atoms with Gasteiger partial charge in [-0.05, 0) is 25.3 Å². The van der Waals surface area contributed by atoms with Crippen LogP contribution in [-0.2, 0) is 11.3 Å². The lowest BCUT2D eigenvalue weighted by atomic mass is 9.90. The molecule has 6 heteroatoms. The second-order valence-electron chi connectivity index (χ2n) is 4.46. The Hall–Kier alpha value is -1.43. The lowest BCUT2D eigenvalue weighted by Crippen LogP contribution is -2.48. The molecule has 0 aromatic carbocycles. The number of rotatable bonds is 4. The Bertz CT molecular complexity index is 351. The van der Waals surface area contributed by atoms with Crippen LogP contribution in [0.15, 0.2) is 6.33 Å². The average Bonchev–Trinajstić information content (AvgIpc) is 2.89. The summed E-state index contributed by atoms with van der Waals surface area (Å²) in [6.07, 6.45) is 4.68. The summed E-state index contributed by atoms with van der Waals surface area (Å²) in [6, 6.07) is -0.0587. The molecule has 0 saturated carbocycles. The first-order valence-corrected chi connectivity index (χ1v) is 6.15. The van der Waals surface area contributed by atoms with Crippen LogP contribution in [0.3, 0.4) is 0 Å². The van der Waals surface area contributed by atoms with Crippen LogP contribution in [0.25, 0.3) is 0 Å². The number of aromatic amines is 1. The van der Waals surface area contributed by atoms with Crippen molar-refractivity contribution in [1.29, 1.82) is 0 Å². The maximum absolute atomic E-state index is 11.9. The largest absolute Gasteiger partial charge is 0.347 e. The van der Waals surface area contributed by atoms with Gasteiger partial charge < -0.3 is 10.6 Å². The second-order valence-corrected chi connectivity index (χ2v) is 4.46. The first-order chi connectivity index (χ1) is 8.29. The van der Waals surface area contributed by atoms with E-state index in [0.717, 1.165) is 19.4 Å². The van der Waals surface area contributed by atoms with Gasteiger partial charge in [-0.25, -0.2) is 4.98 Å². The number of hydrogen-bond acceptors (Lipinski definition) is 4. The van der Waals surface area contributed by atoms with Crippen LogP contribution in [0.1, 0.15) is 32.0 Å². The van der Waals surface area contributed by atoms with Gasteiger partial charge in [-0.2, -0.15) is 5.10 Å². The Morgan fingerprint density at radius 3 is 3.24 bits per heavy atom. The van der Waals surface area contributed by atoms with Crippen LogP contribution < -0.4 is 10.6 Å². The highest BCUT2D eigenvalue weighted by atomic mass is 16.2. The molecule has 0 aliphatic carbocycles. The minimum absolute atomic E-state index is 0.0551. The van der Waals surface area contributed by atoms with E-state index in [-0.39, 0.29) is 11.9 Å². The normalized spacial score (nSPS) is 24.5. The molecule has 1 saturated heterocycles. The van der Waals surface area contributed by atoms with Crippen molar-refractivity contribution in [1.82, 2.24) is 25.8 Å². The molecule has 1 amide bonds. The van der Waals surface area contributed by atoms with Crippen LogP contribution in [0.5, 0.6) is 0 Å². The Labute approximate surface area is 101 Å². The molecule has 2 heterocycles. The predicted molar refractivity (Wildman–Crippen MR) is 63.0 cm³/mol. The molecule has 1 aliphatic heterocycles. The van der Waals surface area contributed by atoms with Gasteiger partial charge in [0.2, 0.25) is 5.91 Å². The molecular formula is C11H19N5O. The molecule has 1 fully saturated rings. The van der Waals surface area contributed by atoms with E-state index in [2.05, 4.69) is 32.7 Å². The van der Waals surface area contributed by atoms with Gasteiger partial charge in [0.1, 0.15) is 12.2 Å². The highest BCUT2D eigenvalue weighted by Crippen LogP contribution is 2.19. The maximum Gasteiger partial charge on any atom is 0.237 e. The van der Waals surface area contributed by atoms with Gasteiger partial charge in [0.15, 0.2) is 0 Å². The first-order valence-electron chi connectivity index (χ1n) is 6.15. The smallest absolute Gasteiger partial charge is 0.237 e. The summed E-state index contributed by atoms with van der Waals surface area (Å²) in [7, 11) is 0. The van der Waals surface area contributed by atoms with E-state index in [0.29, 0.717) is 18.3 Å². The van der Waals surface area contributed by atoms with Crippen molar-refractivity contribution in [3.05, 3.63) is 12.2 Å². The van der Waals surface area contributed by atoms with E-state index in [1.54, 1.807) is 0 Å². The molecule has 94 valence electrons. The second kappa shape index (κ2) is 5.77. The summed E-state index contributed by atoms with van der Waals surface area (Å²) < 4.78 is 0. The molecular weight excluding hydrogens is 218 g/mol. The highest BCUT2D eigenvalue weighted by Gasteiger charge is 2.25. The lowest BCUT2D eigenvalue weighted by molar-refractivity contribution is -0.124. The standard InChI is InChI=1S/C11H19N5O/c1-2-8-3-4-12-9(5-8)11(17)13-6-10-14-7-15-16-10/h7-9,12H,2-6H2,1H3,(H,13,17)(H,14,15,16). The van der Waals surface area contributed by atoms with Crippen molar-refractivity contribution in [3.63, 3.8) is 0 Å². The molecule has 2 rings (SSSR count). The zero-order valence-electron chi connectivity index (χ0n) is 10.1. The fourth-order valence-corrected chi connectivity index (χ4v) is 2.18. The van der Waals surface area contributed by atoms with Crippen molar-refractivity contribution in [3.8, 4) is 0 Å². The Balaban J connectivity index is 1.79. The van der Waals surface area contributed by atoms with Crippen molar-refractivity contribution in [2.75, 3.05) is 6.54 Å². The predicted octanol–water partition coefficient (Wildman–Crippen LogP) is 0.199. The molecule has 0 bridgehead atoms. The van der Waals surface area contributed by atoms with Crippen molar-refractivity contribution < 1.29 is 4.79 Å². The molecule has 6 nitrogen and oxygen atoms in total. The molecule has 3 N–H and O–H groups in total. The van der Waals surface area contributed by atoms with E-state index in [9.17, 15) is 4.79 Å². The third kappa shape index (κ3) is 3.26. The minimum Gasteiger partial charge on any atom is -0.347 e. The van der Waals surface area contributed by atoms with Crippen LogP contribution in [0.4, 0.5) is 0 Å². The van der Waals surface area contributed by atoms with Gasteiger partial charge in [-0.3, -0.25) is 9.89 Å². The van der Waals surface area contributed by atoms with Crippen molar-refractivity contribution in [2.45, 2.75) is 38.8 Å². The summed E-state index contributed by atoms with van der Waals surface area (Å²) in [5.74, 6) is 1.40. The summed E-state index contributed by atoms with van der Waals surface area (Å²) in [6.45, 7) is 3.52. The quantitative estimate of drug-likeness (QED) is 0.698. The Morgan fingerprint density at radius 1 is 1.65 bits per heavy atom. The van der Waals surface area contributed by atoms with E-state index >= 15 is 0 Å². The minimum atomic E-state index is -0.0587. The fraction of sp³-hybridized carbons (Fsp3) is 0.727. The fourth-order valence-electron chi connectivity index (χ4n) is 2.18. The molecule has 1 aromatic rings. The summed E-state index contributed by atoms with van der Waals surface area (Å²) in [5, 5.41) is 12.6. The van der Waals surface area contributed by atoms with Crippen LogP contribution >= 0.6 is 0 Å². The number of hydrogen-bond donors (Lipinski definition) is 3. The number of nitrogens with zero attached hydrogens (tertiary/aromatic N) is 2. The number of aromatic nitrogens is 3. The lowest BCUT2D eigenvalue weighted by Gasteiger charge is -2.28. The van der Waals surface area contributed by atoms with Crippen molar-refractivity contribution >= 4 is 5.91 Å². The molecule has 1 aromatic heterocycles. The molecule has 0 spiro atoms. The molecule has 17 heavy (non-hydrogen) atoms. The number of carbonyl (C=O) groups is 1. The van der Waals surface area contributed by atoms with Gasteiger partial charge >= 0.3 is 0 Å². The monoisotopic (exact) mass is 237 g/mol. The maximum atomic E-state index is 11.9. The number of piperidine rings is 1. The van der Waals surface area contributed by atoms with E-state index in [4.69, 9.17) is 0 Å². The molecule has 2 unspecified atom stereocenters. The van der Waals surface area contributed by atoms with E-state index < -0.39 is 0 Å². The van der Waals surface area contributed by atoms with Crippen molar-refractivity contribution in [2.24, 2.45) is 5.92 Å². The molecule has 2 atom stereocenters. The first kappa shape index (κ1) is 12.0. The van der Waals surface area contributed by atoms with Gasteiger partial charge in [-0.15, -0.1) is 0 Å². The zero-order valence-corrected chi connectivity index (χ0v) is 10.1. The number of amides is 1. The van der Waals surface area contributed by atoms with Crippen LogP contribution in [0, 0.1) is 5.92 Å². The summed E-state index contributed by atoms with van der Waals surface area (Å²) >= 11 is 0. The van der Waals surface area contributed by atoms with Crippen LogP contribution in [-0.4, -0.2) is 33.7 Å². The summed E-state index contributed by atoms with van der Waals surface area (Å²) in [5.41, 5.74) is 0. The van der Waals surface area contributed by atoms with Gasteiger partial charge in [0.05, 0.1) is 12.6 Å². The number of carbonyl (C=O) groups excluding carboxylic acids is 1. The Morgan fingerprint density at radius 2 is 2.53 bits per heavy atom. The van der Waals surface area contributed by atoms with E-state index in [1.807, 2.05) is 0 Å². The average molecular weight is 237 g/mol. The highest BCUT2D eigenvalue weighted by molar-refractivity contribution is 5.81. The van der Waals surface area contributed by atoms with Crippen LogP contribution in [0.2, 0.25) is 0 Å². The van der Waals surface area contributed by atoms with Gasteiger partial charge in [-0.1, -0.05) is 13.3 Å². The zero-order chi connectivity index (χ0) is 12.1. The Kier molecular flexibility index (Phi) is 4.08. The SMILES string of the molecule is CCC1CCNC(C(=O)NCc2ncn[nH]2)C1. The van der Waals surface area contributed by atoms with Gasteiger partial charge in [0.25, 0.3) is 0 Å². The third-order valence-corrected chi connectivity index (χ3v) is 3.30. The molecule has 1 aliphatic rings. The molecule has 0 radical (unpaired) electrons. The number of nitrogens with one attached hydrogen (secondary N) is 3. The summed E-state index contributed by atoms with van der Waals surface area (Å²) in [4.78, 5) is 15.9. The van der Waals surface area contributed by atoms with Gasteiger partial charge in [0, 0.05) is 0 Å². The third-order valence-electron chi connectivity index (χ3n) is 3.30. The number of H-pyrrole nitrogens is 1. The van der Waals surface area contributed by atoms with E-state index in [1.165, 1.54) is 12.7 Å². The topological polar surface area (TPSA) is 82.7 Å².